The second kappa shape index (κ2) is 8.24. The molecule has 0 radical (unpaired) electrons. The van der Waals surface area contributed by atoms with E-state index in [1.54, 1.807) is 0 Å². The van der Waals surface area contributed by atoms with Gasteiger partial charge in [0.15, 0.2) is 30.1 Å². The minimum atomic E-state index is -0.596. The summed E-state index contributed by atoms with van der Waals surface area (Å²) in [6.07, 6.45) is 8.80. The fourth-order valence-corrected chi connectivity index (χ4v) is 5.64. The SMILES string of the molecule is CCC(C)(C)C(=O)OC1C(C2COC3(CCCCC3)O2)OC2OC3(CCCCC3)OC21. The average molecular weight is 439 g/mol. The summed E-state index contributed by atoms with van der Waals surface area (Å²) in [7, 11) is 0. The smallest absolute Gasteiger partial charge is 0.311 e. The van der Waals surface area contributed by atoms with E-state index in [0.29, 0.717) is 13.0 Å². The van der Waals surface area contributed by atoms with Gasteiger partial charge in [0, 0.05) is 25.7 Å². The molecule has 3 heterocycles. The van der Waals surface area contributed by atoms with Gasteiger partial charge in [-0.1, -0.05) is 19.8 Å². The van der Waals surface area contributed by atoms with Gasteiger partial charge < -0.3 is 28.4 Å². The lowest BCUT2D eigenvalue weighted by molar-refractivity contribution is -0.262. The summed E-state index contributed by atoms with van der Waals surface area (Å²) in [4.78, 5) is 13.0. The molecule has 7 heteroatoms. The summed E-state index contributed by atoms with van der Waals surface area (Å²) in [5, 5.41) is 0. The molecule has 5 rings (SSSR count). The summed E-state index contributed by atoms with van der Waals surface area (Å²) in [6.45, 7) is 6.27. The zero-order valence-corrected chi connectivity index (χ0v) is 19.2. The van der Waals surface area contributed by atoms with Crippen molar-refractivity contribution >= 4 is 5.97 Å². The third-order valence-electron chi connectivity index (χ3n) is 8.04. The summed E-state index contributed by atoms with van der Waals surface area (Å²) in [6, 6.07) is 0. The van der Waals surface area contributed by atoms with Crippen LogP contribution in [0.4, 0.5) is 0 Å². The Morgan fingerprint density at radius 2 is 1.55 bits per heavy atom. The highest BCUT2D eigenvalue weighted by molar-refractivity contribution is 5.76. The van der Waals surface area contributed by atoms with E-state index >= 15 is 0 Å². The molecule has 2 spiro atoms. The lowest BCUT2D eigenvalue weighted by atomic mass is 9.90. The topological polar surface area (TPSA) is 72.5 Å². The Morgan fingerprint density at radius 1 is 0.903 bits per heavy atom. The number of fused-ring (bicyclic) bond motifs is 1. The van der Waals surface area contributed by atoms with Gasteiger partial charge in [-0.25, -0.2) is 0 Å². The number of hydrogen-bond acceptors (Lipinski definition) is 7. The first-order chi connectivity index (χ1) is 14.9. The minimum absolute atomic E-state index is 0.228. The molecule has 176 valence electrons. The highest BCUT2D eigenvalue weighted by atomic mass is 16.9. The third-order valence-corrected chi connectivity index (χ3v) is 8.04. The predicted molar refractivity (Wildman–Crippen MR) is 111 cm³/mol. The molecule has 31 heavy (non-hydrogen) atoms. The second-order valence-electron chi connectivity index (χ2n) is 10.7. The molecule has 3 saturated heterocycles. The Bertz CT molecular complexity index is 665. The molecule has 3 aliphatic heterocycles. The van der Waals surface area contributed by atoms with Crippen molar-refractivity contribution in [1.29, 1.82) is 0 Å². The van der Waals surface area contributed by atoms with Gasteiger partial charge in [-0.15, -0.1) is 0 Å². The van der Waals surface area contributed by atoms with E-state index in [4.69, 9.17) is 28.4 Å². The number of carbonyl (C=O) groups excluding carboxylic acids is 1. The molecule has 0 aromatic carbocycles. The Morgan fingerprint density at radius 3 is 2.19 bits per heavy atom. The predicted octanol–water partition coefficient (Wildman–Crippen LogP) is 4.21. The quantitative estimate of drug-likeness (QED) is 0.609. The molecule has 5 unspecified atom stereocenters. The van der Waals surface area contributed by atoms with E-state index in [1.165, 1.54) is 12.8 Å². The van der Waals surface area contributed by atoms with Crippen molar-refractivity contribution in [2.75, 3.05) is 6.61 Å². The van der Waals surface area contributed by atoms with Gasteiger partial charge in [0.25, 0.3) is 0 Å². The lowest BCUT2D eigenvalue weighted by Gasteiger charge is -2.36. The first-order valence-corrected chi connectivity index (χ1v) is 12.4. The van der Waals surface area contributed by atoms with Gasteiger partial charge in [-0.05, 0) is 46.0 Å². The minimum Gasteiger partial charge on any atom is -0.456 e. The Hall–Kier alpha value is -0.730. The van der Waals surface area contributed by atoms with Crippen LogP contribution in [0.2, 0.25) is 0 Å². The van der Waals surface area contributed by atoms with E-state index in [1.807, 2.05) is 20.8 Å². The van der Waals surface area contributed by atoms with Crippen molar-refractivity contribution in [3.63, 3.8) is 0 Å². The number of ether oxygens (including phenoxy) is 6. The molecule has 2 saturated carbocycles. The molecule has 0 N–H and O–H groups in total. The molecule has 0 aromatic heterocycles. The molecular formula is C24H38O7. The van der Waals surface area contributed by atoms with Crippen molar-refractivity contribution in [3.05, 3.63) is 0 Å². The van der Waals surface area contributed by atoms with E-state index in [0.717, 1.165) is 51.4 Å². The summed E-state index contributed by atoms with van der Waals surface area (Å²) >= 11 is 0. The van der Waals surface area contributed by atoms with E-state index in [2.05, 4.69) is 0 Å². The molecule has 2 aliphatic carbocycles. The molecular weight excluding hydrogens is 400 g/mol. The second-order valence-corrected chi connectivity index (χ2v) is 10.7. The maximum absolute atomic E-state index is 13.0. The Kier molecular flexibility index (Phi) is 5.87. The highest BCUT2D eigenvalue weighted by Crippen LogP contribution is 2.48. The Labute approximate surface area is 185 Å². The van der Waals surface area contributed by atoms with Crippen LogP contribution in [0, 0.1) is 5.41 Å². The fourth-order valence-electron chi connectivity index (χ4n) is 5.64. The Balaban J connectivity index is 1.34. The van der Waals surface area contributed by atoms with Crippen molar-refractivity contribution in [1.82, 2.24) is 0 Å². The normalized spacial score (nSPS) is 39.1. The van der Waals surface area contributed by atoms with Crippen LogP contribution in [0.25, 0.3) is 0 Å². The van der Waals surface area contributed by atoms with Crippen LogP contribution < -0.4 is 0 Å². The van der Waals surface area contributed by atoms with Crippen LogP contribution in [-0.4, -0.2) is 54.9 Å². The number of esters is 1. The van der Waals surface area contributed by atoms with Crippen molar-refractivity contribution in [2.45, 2.75) is 134 Å². The van der Waals surface area contributed by atoms with Crippen molar-refractivity contribution < 1.29 is 33.2 Å². The summed E-state index contributed by atoms with van der Waals surface area (Å²) < 4.78 is 37.9. The van der Waals surface area contributed by atoms with Crippen LogP contribution in [0.15, 0.2) is 0 Å². The van der Waals surface area contributed by atoms with Crippen LogP contribution in [-0.2, 0) is 33.2 Å². The molecule has 5 fully saturated rings. The van der Waals surface area contributed by atoms with Crippen molar-refractivity contribution in [2.24, 2.45) is 5.41 Å². The molecule has 5 atom stereocenters. The lowest BCUT2D eigenvalue weighted by Crippen LogP contribution is -2.47. The highest BCUT2D eigenvalue weighted by Gasteiger charge is 2.62. The molecule has 7 nitrogen and oxygen atoms in total. The van der Waals surface area contributed by atoms with E-state index < -0.39 is 41.6 Å². The van der Waals surface area contributed by atoms with Crippen LogP contribution in [0.5, 0.6) is 0 Å². The van der Waals surface area contributed by atoms with Crippen LogP contribution in [0.1, 0.15) is 91.4 Å². The number of rotatable bonds is 4. The fraction of sp³-hybridized carbons (Fsp3) is 0.958. The van der Waals surface area contributed by atoms with Crippen LogP contribution in [0.3, 0.4) is 0 Å². The van der Waals surface area contributed by atoms with Gasteiger partial charge in [0.2, 0.25) is 0 Å². The monoisotopic (exact) mass is 438 g/mol. The number of hydrogen-bond donors (Lipinski definition) is 0. The van der Waals surface area contributed by atoms with E-state index in [9.17, 15) is 4.79 Å². The maximum Gasteiger partial charge on any atom is 0.311 e. The first-order valence-electron chi connectivity index (χ1n) is 12.4. The molecule has 0 amide bonds. The summed E-state index contributed by atoms with van der Waals surface area (Å²) in [5.41, 5.74) is -0.567. The van der Waals surface area contributed by atoms with Gasteiger partial charge in [0.05, 0.1) is 12.0 Å². The van der Waals surface area contributed by atoms with Gasteiger partial charge in [0.1, 0.15) is 12.2 Å². The standard InChI is InChI=1S/C24H38O7/c1-4-22(2,3)21(25)28-18-17(16-15-26-23(29-16)11-7-5-8-12-23)27-20-19(18)30-24(31-20)13-9-6-10-14-24/h16-20H,4-15H2,1-3H3. The third kappa shape index (κ3) is 4.05. The van der Waals surface area contributed by atoms with E-state index in [-0.39, 0.29) is 12.1 Å². The average Bonchev–Trinajstić information content (AvgIpc) is 3.41. The zero-order chi connectivity index (χ0) is 21.7. The van der Waals surface area contributed by atoms with Crippen molar-refractivity contribution in [3.8, 4) is 0 Å². The number of carbonyl (C=O) groups is 1. The van der Waals surface area contributed by atoms with Gasteiger partial charge in [-0.2, -0.15) is 0 Å². The molecule has 0 aromatic rings. The molecule has 0 bridgehead atoms. The van der Waals surface area contributed by atoms with Gasteiger partial charge >= 0.3 is 5.97 Å². The summed E-state index contributed by atoms with van der Waals surface area (Å²) in [5.74, 6) is -1.33. The van der Waals surface area contributed by atoms with Gasteiger partial charge in [-0.3, -0.25) is 4.79 Å². The maximum atomic E-state index is 13.0. The largest absolute Gasteiger partial charge is 0.456 e. The first kappa shape index (κ1) is 22.1. The molecule has 5 aliphatic rings. The van der Waals surface area contributed by atoms with Crippen LogP contribution >= 0.6 is 0 Å². The zero-order valence-electron chi connectivity index (χ0n) is 19.2.